The van der Waals surface area contributed by atoms with E-state index in [4.69, 9.17) is 14.5 Å². The number of carbonyl (C=O) groups is 1. The molecule has 1 atom stereocenters. The molecule has 0 radical (unpaired) electrons. The molecular weight excluding hydrogens is 358 g/mol. The molecule has 1 amide bonds. The summed E-state index contributed by atoms with van der Waals surface area (Å²) in [5.41, 5.74) is 2.43. The number of anilines is 1. The smallest absolute Gasteiger partial charge is 0.410 e. The number of nitrogens with zero attached hydrogens (tertiary/aromatic N) is 3. The lowest BCUT2D eigenvalue weighted by atomic mass is 9.91. The lowest BCUT2D eigenvalue weighted by Crippen LogP contribution is -2.41. The summed E-state index contributed by atoms with van der Waals surface area (Å²) in [6.07, 6.45) is 6.33. The zero-order valence-corrected chi connectivity index (χ0v) is 16.8. The van der Waals surface area contributed by atoms with Gasteiger partial charge in [-0.2, -0.15) is 0 Å². The van der Waals surface area contributed by atoms with Crippen molar-refractivity contribution in [2.75, 3.05) is 31.6 Å². The first-order valence-corrected chi connectivity index (χ1v) is 10.1. The number of nitrogens with one attached hydrogen (secondary N) is 2. The van der Waals surface area contributed by atoms with Gasteiger partial charge >= 0.3 is 6.09 Å². The first-order chi connectivity index (χ1) is 13.4. The van der Waals surface area contributed by atoms with Crippen molar-refractivity contribution in [3.63, 3.8) is 0 Å². The number of hydrogen-bond acceptors (Lipinski definition) is 6. The van der Waals surface area contributed by atoms with Gasteiger partial charge < -0.3 is 24.7 Å². The van der Waals surface area contributed by atoms with Crippen molar-refractivity contribution in [1.82, 2.24) is 19.9 Å². The maximum Gasteiger partial charge on any atom is 0.410 e. The number of aromatic nitrogens is 3. The topological polar surface area (TPSA) is 92.4 Å². The Labute approximate surface area is 165 Å². The van der Waals surface area contributed by atoms with E-state index in [-0.39, 0.29) is 6.09 Å². The van der Waals surface area contributed by atoms with E-state index in [0.29, 0.717) is 31.7 Å². The standard InChI is InChI=1S/C20H29N5O3/c1-20(2,3)28-19(26)25-7-4-13(5-8-25)15-10-21-18-17(15)24-16(11-22-18)23-14-6-9-27-12-14/h10-11,13-14H,4-9,12H2,1-3H3,(H,21,22)(H,23,24)/t14-/m1/s1. The number of aromatic amines is 1. The summed E-state index contributed by atoms with van der Waals surface area (Å²) in [4.78, 5) is 26.7. The highest BCUT2D eigenvalue weighted by Crippen LogP contribution is 2.32. The normalized spacial score (nSPS) is 21.2. The van der Waals surface area contributed by atoms with Crippen LogP contribution in [0.4, 0.5) is 10.6 Å². The van der Waals surface area contributed by atoms with Crippen LogP contribution in [0, 0.1) is 0 Å². The summed E-state index contributed by atoms with van der Waals surface area (Å²) in [5, 5.41) is 3.41. The van der Waals surface area contributed by atoms with Crippen LogP contribution in [0.5, 0.6) is 0 Å². The zero-order chi connectivity index (χ0) is 19.7. The van der Waals surface area contributed by atoms with E-state index in [1.54, 1.807) is 11.1 Å². The molecule has 2 saturated heterocycles. The lowest BCUT2D eigenvalue weighted by molar-refractivity contribution is 0.0205. The van der Waals surface area contributed by atoms with E-state index in [1.807, 2.05) is 27.0 Å². The molecule has 0 saturated carbocycles. The molecule has 28 heavy (non-hydrogen) atoms. The van der Waals surface area contributed by atoms with E-state index in [2.05, 4.69) is 15.3 Å². The van der Waals surface area contributed by atoms with Crippen molar-refractivity contribution in [3.8, 4) is 0 Å². The fraction of sp³-hybridized carbons (Fsp3) is 0.650. The number of fused-ring (bicyclic) bond motifs is 1. The summed E-state index contributed by atoms with van der Waals surface area (Å²) in [7, 11) is 0. The average Bonchev–Trinajstić information content (AvgIpc) is 3.30. The Morgan fingerprint density at radius 1 is 1.32 bits per heavy atom. The SMILES string of the molecule is CC(C)(C)OC(=O)N1CCC(c2c[nH]c3ncc(N[C@@H]4CCOC4)nc23)CC1. The highest BCUT2D eigenvalue weighted by Gasteiger charge is 2.29. The quantitative estimate of drug-likeness (QED) is 0.840. The van der Waals surface area contributed by atoms with Crippen LogP contribution in [-0.2, 0) is 9.47 Å². The molecule has 8 nitrogen and oxygen atoms in total. The number of carbonyl (C=O) groups excluding carboxylic acids is 1. The number of rotatable bonds is 3. The van der Waals surface area contributed by atoms with Gasteiger partial charge in [0.25, 0.3) is 0 Å². The Bertz CT molecular complexity index is 830. The van der Waals surface area contributed by atoms with Crippen LogP contribution >= 0.6 is 0 Å². The maximum atomic E-state index is 12.3. The Morgan fingerprint density at radius 3 is 2.79 bits per heavy atom. The van der Waals surface area contributed by atoms with Gasteiger partial charge in [0.1, 0.15) is 16.9 Å². The van der Waals surface area contributed by atoms with E-state index in [9.17, 15) is 4.79 Å². The third-order valence-corrected chi connectivity index (χ3v) is 5.28. The van der Waals surface area contributed by atoms with E-state index >= 15 is 0 Å². The van der Waals surface area contributed by atoms with Crippen molar-refractivity contribution in [3.05, 3.63) is 18.0 Å². The Balaban J connectivity index is 1.44. The van der Waals surface area contributed by atoms with Crippen molar-refractivity contribution < 1.29 is 14.3 Å². The summed E-state index contributed by atoms with van der Waals surface area (Å²) in [5.74, 6) is 1.14. The number of H-pyrrole nitrogens is 1. The van der Waals surface area contributed by atoms with Gasteiger partial charge in [-0.25, -0.2) is 14.8 Å². The van der Waals surface area contributed by atoms with Crippen molar-refractivity contribution in [2.24, 2.45) is 0 Å². The van der Waals surface area contributed by atoms with Gasteiger partial charge in [-0.15, -0.1) is 0 Å². The zero-order valence-electron chi connectivity index (χ0n) is 16.8. The number of ether oxygens (including phenoxy) is 2. The average molecular weight is 387 g/mol. The van der Waals surface area contributed by atoms with Gasteiger partial charge in [0.05, 0.1) is 18.8 Å². The molecule has 0 spiro atoms. The molecule has 2 fully saturated rings. The first-order valence-electron chi connectivity index (χ1n) is 10.1. The summed E-state index contributed by atoms with van der Waals surface area (Å²) < 4.78 is 10.9. The second kappa shape index (κ2) is 7.58. The molecule has 0 bridgehead atoms. The molecule has 0 aromatic carbocycles. The second-order valence-electron chi connectivity index (χ2n) is 8.64. The van der Waals surface area contributed by atoms with Crippen molar-refractivity contribution in [1.29, 1.82) is 0 Å². The van der Waals surface area contributed by atoms with E-state index in [1.165, 1.54) is 5.56 Å². The van der Waals surface area contributed by atoms with E-state index < -0.39 is 5.60 Å². The molecular formula is C20H29N5O3. The number of likely N-dealkylation sites (tertiary alicyclic amines) is 1. The molecule has 4 heterocycles. The van der Waals surface area contributed by atoms with Crippen LogP contribution in [0.15, 0.2) is 12.4 Å². The van der Waals surface area contributed by atoms with Gasteiger partial charge in [-0.1, -0.05) is 0 Å². The van der Waals surface area contributed by atoms with Gasteiger partial charge in [0.15, 0.2) is 5.65 Å². The molecule has 0 unspecified atom stereocenters. The molecule has 152 valence electrons. The minimum absolute atomic E-state index is 0.227. The fourth-order valence-electron chi connectivity index (χ4n) is 3.85. The summed E-state index contributed by atoms with van der Waals surface area (Å²) in [6.45, 7) is 8.57. The molecule has 2 aromatic heterocycles. The third kappa shape index (κ3) is 4.22. The third-order valence-electron chi connectivity index (χ3n) is 5.28. The molecule has 8 heteroatoms. The lowest BCUT2D eigenvalue weighted by Gasteiger charge is -2.33. The maximum absolute atomic E-state index is 12.3. The fourth-order valence-corrected chi connectivity index (χ4v) is 3.85. The van der Waals surface area contributed by atoms with Gasteiger partial charge in [-0.05, 0) is 46.0 Å². The van der Waals surface area contributed by atoms with Gasteiger partial charge in [-0.3, -0.25) is 0 Å². The molecule has 0 aliphatic carbocycles. The minimum atomic E-state index is -0.464. The summed E-state index contributed by atoms with van der Waals surface area (Å²) >= 11 is 0. The number of hydrogen-bond donors (Lipinski definition) is 2. The van der Waals surface area contributed by atoms with Crippen LogP contribution < -0.4 is 5.32 Å². The molecule has 2 N–H and O–H groups in total. The van der Waals surface area contributed by atoms with Crippen molar-refractivity contribution in [2.45, 2.75) is 57.6 Å². The van der Waals surface area contributed by atoms with Crippen LogP contribution in [0.2, 0.25) is 0 Å². The minimum Gasteiger partial charge on any atom is -0.444 e. The number of piperidine rings is 1. The number of amides is 1. The predicted octanol–water partition coefficient (Wildman–Crippen LogP) is 3.27. The first kappa shape index (κ1) is 19.0. The second-order valence-corrected chi connectivity index (χ2v) is 8.64. The van der Waals surface area contributed by atoms with Crippen LogP contribution in [0.25, 0.3) is 11.2 Å². The van der Waals surface area contributed by atoms with Gasteiger partial charge in [0.2, 0.25) is 0 Å². The van der Waals surface area contributed by atoms with Gasteiger partial charge in [0, 0.05) is 31.5 Å². The predicted molar refractivity (Wildman–Crippen MR) is 107 cm³/mol. The van der Waals surface area contributed by atoms with E-state index in [0.717, 1.165) is 42.9 Å². The summed E-state index contributed by atoms with van der Waals surface area (Å²) in [6, 6.07) is 0.297. The molecule has 2 aliphatic heterocycles. The highest BCUT2D eigenvalue weighted by molar-refractivity contribution is 5.77. The molecule has 2 aliphatic rings. The molecule has 4 rings (SSSR count). The monoisotopic (exact) mass is 387 g/mol. The van der Waals surface area contributed by atoms with Crippen LogP contribution in [-0.4, -0.2) is 63.9 Å². The molecule has 2 aromatic rings. The van der Waals surface area contributed by atoms with Crippen molar-refractivity contribution >= 4 is 23.1 Å². The highest BCUT2D eigenvalue weighted by atomic mass is 16.6. The largest absolute Gasteiger partial charge is 0.444 e. The Kier molecular flexibility index (Phi) is 5.14. The van der Waals surface area contributed by atoms with Crippen LogP contribution in [0.3, 0.4) is 0 Å². The Morgan fingerprint density at radius 2 is 2.11 bits per heavy atom. The Hall–Kier alpha value is -2.35. The van der Waals surface area contributed by atoms with Crippen LogP contribution in [0.1, 0.15) is 51.5 Å².